The Kier molecular flexibility index (Phi) is 10.5. The second-order valence-electron chi connectivity index (χ2n) is 13.4. The van der Waals surface area contributed by atoms with Crippen LogP contribution in [0.1, 0.15) is 71.7 Å². The van der Waals surface area contributed by atoms with E-state index in [9.17, 15) is 10.1 Å². The third kappa shape index (κ3) is 7.12. The van der Waals surface area contributed by atoms with Gasteiger partial charge in [0, 0.05) is 47.2 Å². The molecule has 0 N–H and O–H groups in total. The number of urea groups is 1. The van der Waals surface area contributed by atoms with Crippen LogP contribution in [0.15, 0.2) is 69.2 Å². The molecule has 0 saturated carbocycles. The molecule has 13 heteroatoms. The van der Waals surface area contributed by atoms with E-state index >= 15 is 4.79 Å². The summed E-state index contributed by atoms with van der Waals surface area (Å²) in [5.41, 5.74) is 2.08. The average Bonchev–Trinajstić information content (AvgIpc) is 3.68. The van der Waals surface area contributed by atoms with Gasteiger partial charge in [-0.1, -0.05) is 64.2 Å². The highest BCUT2D eigenvalue weighted by Gasteiger charge is 2.47. The predicted octanol–water partition coefficient (Wildman–Crippen LogP) is 8.25. The zero-order valence-electron chi connectivity index (χ0n) is 29.1. The summed E-state index contributed by atoms with van der Waals surface area (Å²) in [6, 6.07) is 12.1. The largest absolute Gasteiger partial charge is 0.493 e. The number of amidine groups is 1. The van der Waals surface area contributed by atoms with E-state index in [1.165, 1.54) is 0 Å². The molecule has 3 atom stereocenters. The monoisotopic (exact) mass is 748 g/mol. The molecule has 0 bridgehead atoms. The molecule has 2 aliphatic heterocycles. The van der Waals surface area contributed by atoms with Crippen LogP contribution in [0.25, 0.3) is 0 Å². The molecule has 1 fully saturated rings. The van der Waals surface area contributed by atoms with E-state index in [0.29, 0.717) is 94.0 Å². The molecule has 3 heterocycles. The van der Waals surface area contributed by atoms with E-state index < -0.39 is 17.5 Å². The van der Waals surface area contributed by atoms with Gasteiger partial charge in [-0.2, -0.15) is 5.26 Å². The van der Waals surface area contributed by atoms with Crippen molar-refractivity contribution in [1.82, 2.24) is 19.9 Å². The lowest BCUT2D eigenvalue weighted by Crippen LogP contribution is -2.55. The Morgan fingerprint density at radius 2 is 1.75 bits per heavy atom. The van der Waals surface area contributed by atoms with Gasteiger partial charge in [0.05, 0.1) is 41.4 Å². The van der Waals surface area contributed by atoms with Crippen LogP contribution in [0.5, 0.6) is 5.75 Å². The molecular formula is C38H39Cl3N6O4. The summed E-state index contributed by atoms with van der Waals surface area (Å²) in [4.78, 5) is 39.0. The summed E-state index contributed by atoms with van der Waals surface area (Å²) in [5.74, 6) is 1.07. The molecule has 51 heavy (non-hydrogen) atoms. The lowest BCUT2D eigenvalue weighted by Gasteiger charge is -2.39. The first-order valence-electron chi connectivity index (χ1n) is 16.9. The third-order valence-corrected chi connectivity index (χ3v) is 10.5. The van der Waals surface area contributed by atoms with Gasteiger partial charge >= 0.3 is 6.03 Å². The summed E-state index contributed by atoms with van der Waals surface area (Å²) in [6.45, 7) is 10.5. The summed E-state index contributed by atoms with van der Waals surface area (Å²) >= 11 is 19.6. The zero-order chi connectivity index (χ0) is 36.6. The van der Waals surface area contributed by atoms with Gasteiger partial charge in [0.1, 0.15) is 22.9 Å². The maximum atomic E-state index is 15.0. The third-order valence-electron chi connectivity index (χ3n) is 9.69. The van der Waals surface area contributed by atoms with Gasteiger partial charge in [-0.15, -0.1) is 0 Å². The number of aliphatic imine (C=N–C) groups is 1. The number of ether oxygens (including phenoxy) is 1. The van der Waals surface area contributed by atoms with Crippen molar-refractivity contribution in [3.63, 3.8) is 0 Å². The van der Waals surface area contributed by atoms with Gasteiger partial charge in [-0.3, -0.25) is 14.7 Å². The van der Waals surface area contributed by atoms with Crippen LogP contribution in [0.2, 0.25) is 10.0 Å². The molecule has 3 aliphatic rings. The van der Waals surface area contributed by atoms with Crippen molar-refractivity contribution in [2.45, 2.75) is 58.5 Å². The van der Waals surface area contributed by atoms with Crippen molar-refractivity contribution in [2.24, 2.45) is 10.9 Å². The molecule has 10 nitrogen and oxygen atoms in total. The van der Waals surface area contributed by atoms with Gasteiger partial charge in [0.2, 0.25) is 0 Å². The predicted molar refractivity (Wildman–Crippen MR) is 198 cm³/mol. The molecule has 266 valence electrons. The fraction of sp³-hybridized carbons (Fsp3) is 0.395. The Hall–Kier alpha value is -4.30. The van der Waals surface area contributed by atoms with Crippen LogP contribution in [0.4, 0.5) is 4.79 Å². The lowest BCUT2D eigenvalue weighted by atomic mass is 9.85. The highest BCUT2D eigenvalue weighted by molar-refractivity contribution is 6.32. The number of aromatic nitrogens is 1. The number of aryl methyl sites for hydroxylation is 2. The zero-order valence-corrected chi connectivity index (χ0v) is 31.4. The Bertz CT molecular complexity index is 1950. The van der Waals surface area contributed by atoms with E-state index in [1.54, 1.807) is 54.5 Å². The van der Waals surface area contributed by atoms with E-state index in [-0.39, 0.29) is 17.9 Å². The van der Waals surface area contributed by atoms with E-state index in [4.69, 9.17) is 49.1 Å². The number of halogens is 3. The Morgan fingerprint density at radius 3 is 2.33 bits per heavy atom. The molecule has 6 rings (SSSR count). The normalized spacial score (nSPS) is 20.6. The molecule has 1 unspecified atom stereocenters. The smallest absolute Gasteiger partial charge is 0.326 e. The van der Waals surface area contributed by atoms with Gasteiger partial charge < -0.3 is 19.1 Å². The second kappa shape index (κ2) is 14.7. The fourth-order valence-electron chi connectivity index (χ4n) is 6.91. The quantitative estimate of drug-likeness (QED) is 0.240. The average molecular weight is 750 g/mol. The minimum Gasteiger partial charge on any atom is -0.493 e. The van der Waals surface area contributed by atoms with E-state index in [2.05, 4.69) is 11.2 Å². The van der Waals surface area contributed by atoms with Crippen LogP contribution in [-0.2, 0) is 5.41 Å². The second-order valence-corrected chi connectivity index (χ2v) is 14.7. The topological polar surface area (TPSA) is 115 Å². The van der Waals surface area contributed by atoms with Crippen molar-refractivity contribution in [1.29, 1.82) is 5.26 Å². The summed E-state index contributed by atoms with van der Waals surface area (Å²) in [7, 11) is 0. The number of allylic oxidation sites excluding steroid dienone is 3. The van der Waals surface area contributed by atoms with Crippen LogP contribution < -0.4 is 4.74 Å². The number of hydrogen-bond donors (Lipinski definition) is 0. The highest BCUT2D eigenvalue weighted by atomic mass is 35.5. The minimum absolute atomic E-state index is 0.0895. The first kappa shape index (κ1) is 36.5. The van der Waals surface area contributed by atoms with Crippen molar-refractivity contribution in [2.75, 3.05) is 32.8 Å². The molecule has 3 aromatic rings. The number of piperazine rings is 1. The van der Waals surface area contributed by atoms with Crippen LogP contribution >= 0.6 is 34.8 Å². The SMILES string of the molecule is CCOc1cc(C(C)(C)C#N)c(Cl)cc1C1=N[C@@H](C2C=CC(Cl)=CC2)[C@@H](c2ccc(Cl)cc2)N1C(=O)N1CCN(C(=O)c2c(C)noc2C)CC1. The number of rotatable bonds is 7. The van der Waals surface area contributed by atoms with Crippen LogP contribution in [0.3, 0.4) is 0 Å². The van der Waals surface area contributed by atoms with Crippen molar-refractivity contribution in [3.05, 3.63) is 103 Å². The van der Waals surface area contributed by atoms with E-state index in [1.807, 2.05) is 49.4 Å². The van der Waals surface area contributed by atoms with Gasteiger partial charge in [0.15, 0.2) is 0 Å². The molecule has 0 radical (unpaired) electrons. The standard InChI is InChI=1S/C38H39Cl3N6O4/c1-6-50-31-20-29(38(4,5)21-42)30(41)19-28(31)35-43-33(24-7-11-26(39)12-8-24)34(25-9-13-27(40)14-10-25)47(35)37(49)46-17-15-45(16-18-46)36(48)32-22(2)44-51-23(32)3/h7,9-14,19-20,24,33-34H,6,8,15-18H2,1-5H3/t24?,33-,34+/m0/s1. The molecule has 1 saturated heterocycles. The first-order valence-corrected chi connectivity index (χ1v) is 18.0. The maximum Gasteiger partial charge on any atom is 0.326 e. The maximum absolute atomic E-state index is 15.0. The van der Waals surface area contributed by atoms with E-state index in [0.717, 1.165) is 5.56 Å². The van der Waals surface area contributed by atoms with Gasteiger partial charge in [0.25, 0.3) is 5.91 Å². The number of benzene rings is 2. The summed E-state index contributed by atoms with van der Waals surface area (Å²) in [6.07, 6.45) is 6.49. The van der Waals surface area contributed by atoms with Crippen LogP contribution in [-0.4, -0.2) is 76.5 Å². The lowest BCUT2D eigenvalue weighted by molar-refractivity contribution is 0.0643. The number of nitriles is 1. The molecule has 2 aromatic carbocycles. The Labute approximate surface area is 312 Å². The number of amides is 3. The summed E-state index contributed by atoms with van der Waals surface area (Å²) in [5, 5.41) is 15.5. The first-order chi connectivity index (χ1) is 24.3. The highest BCUT2D eigenvalue weighted by Crippen LogP contribution is 2.44. The fourth-order valence-corrected chi connectivity index (χ4v) is 7.60. The van der Waals surface area contributed by atoms with Crippen molar-refractivity contribution < 1.29 is 18.8 Å². The molecule has 3 amide bonds. The van der Waals surface area contributed by atoms with Gasteiger partial charge in [-0.05, 0) is 82.5 Å². The number of carbonyl (C=O) groups excluding carboxylic acids is 2. The number of hydrogen-bond acceptors (Lipinski definition) is 7. The van der Waals surface area contributed by atoms with Crippen LogP contribution in [0, 0.1) is 31.1 Å². The van der Waals surface area contributed by atoms with Gasteiger partial charge in [-0.25, -0.2) is 4.79 Å². The molecule has 0 spiro atoms. The Morgan fingerprint density at radius 1 is 1.06 bits per heavy atom. The Balaban J connectivity index is 1.44. The molecule has 1 aliphatic carbocycles. The van der Waals surface area contributed by atoms with Crippen molar-refractivity contribution in [3.8, 4) is 11.8 Å². The number of nitrogens with zero attached hydrogens (tertiary/aromatic N) is 6. The molecule has 1 aromatic heterocycles. The molecular weight excluding hydrogens is 711 g/mol. The number of carbonyl (C=O) groups is 2. The minimum atomic E-state index is -0.901. The van der Waals surface area contributed by atoms with Crippen molar-refractivity contribution >= 4 is 52.6 Å². The summed E-state index contributed by atoms with van der Waals surface area (Å²) < 4.78 is 11.4.